The molecule has 7 heteroatoms. The molecule has 0 unspecified atom stereocenters. The summed E-state index contributed by atoms with van der Waals surface area (Å²) in [5.74, 6) is -0.919. The Hall–Kier alpha value is -2.57. The molecule has 0 N–H and O–H groups in total. The van der Waals surface area contributed by atoms with Gasteiger partial charge in [-0.05, 0) is 56.0 Å². The van der Waals surface area contributed by atoms with Gasteiger partial charge in [0.15, 0.2) is 0 Å². The molecule has 0 aromatic heterocycles. The number of carbonyl (C=O) groups excluding carboxylic acids is 1. The van der Waals surface area contributed by atoms with Crippen LogP contribution in [0.3, 0.4) is 0 Å². The summed E-state index contributed by atoms with van der Waals surface area (Å²) >= 11 is 0. The highest BCUT2D eigenvalue weighted by Crippen LogP contribution is 2.36. The van der Waals surface area contributed by atoms with Crippen LogP contribution in [0.1, 0.15) is 37.5 Å². The van der Waals surface area contributed by atoms with E-state index in [-0.39, 0.29) is 5.56 Å². The van der Waals surface area contributed by atoms with Crippen molar-refractivity contribution in [2.75, 3.05) is 6.54 Å². The third-order valence-corrected chi connectivity index (χ3v) is 4.50. The van der Waals surface area contributed by atoms with E-state index in [1.54, 1.807) is 37.8 Å². The zero-order valence-corrected chi connectivity index (χ0v) is 15.9. The number of alkyl halides is 3. The van der Waals surface area contributed by atoms with Gasteiger partial charge in [0.05, 0.1) is 5.56 Å². The highest BCUT2D eigenvalue weighted by Gasteiger charge is 2.32. The number of fused-ring (bicyclic) bond motifs is 1. The van der Waals surface area contributed by atoms with Gasteiger partial charge in [-0.2, -0.15) is 13.2 Å². The molecule has 0 radical (unpaired) electrons. The summed E-state index contributed by atoms with van der Waals surface area (Å²) in [6.45, 7) is 6.05. The molecular formula is C21H21F4NO2. The first-order valence-electron chi connectivity index (χ1n) is 8.91. The zero-order chi connectivity index (χ0) is 20.7. The molecule has 3 rings (SSSR count). The lowest BCUT2D eigenvalue weighted by Crippen LogP contribution is -2.40. The number of ether oxygens (including phenoxy) is 1. The number of halogens is 4. The Labute approximate surface area is 160 Å². The molecule has 0 aliphatic carbocycles. The van der Waals surface area contributed by atoms with Gasteiger partial charge in [-0.25, -0.2) is 9.18 Å². The summed E-state index contributed by atoms with van der Waals surface area (Å²) < 4.78 is 58.2. The van der Waals surface area contributed by atoms with E-state index in [4.69, 9.17) is 4.74 Å². The van der Waals surface area contributed by atoms with Gasteiger partial charge in [-0.1, -0.05) is 24.3 Å². The van der Waals surface area contributed by atoms with Crippen molar-refractivity contribution in [1.29, 1.82) is 0 Å². The van der Waals surface area contributed by atoms with Crippen molar-refractivity contribution in [3.63, 3.8) is 0 Å². The number of hydrogen-bond donors (Lipinski definition) is 0. The topological polar surface area (TPSA) is 29.5 Å². The molecular weight excluding hydrogens is 374 g/mol. The third-order valence-electron chi connectivity index (χ3n) is 4.50. The van der Waals surface area contributed by atoms with E-state index in [9.17, 15) is 22.4 Å². The molecule has 1 aliphatic rings. The van der Waals surface area contributed by atoms with Gasteiger partial charge < -0.3 is 9.64 Å². The van der Waals surface area contributed by atoms with Crippen LogP contribution >= 0.6 is 0 Å². The van der Waals surface area contributed by atoms with E-state index in [1.165, 1.54) is 0 Å². The monoisotopic (exact) mass is 395 g/mol. The normalized spacial score (nSPS) is 14.6. The number of benzene rings is 2. The van der Waals surface area contributed by atoms with Crippen LogP contribution in [-0.2, 0) is 23.9 Å². The van der Waals surface area contributed by atoms with Crippen LogP contribution in [0.15, 0.2) is 36.4 Å². The zero-order valence-electron chi connectivity index (χ0n) is 15.9. The van der Waals surface area contributed by atoms with Crippen molar-refractivity contribution in [2.24, 2.45) is 0 Å². The maximum absolute atomic E-state index is 14.4. The van der Waals surface area contributed by atoms with E-state index in [0.717, 1.165) is 23.3 Å². The molecule has 0 bridgehead atoms. The average Bonchev–Trinajstić information content (AvgIpc) is 2.58. The Morgan fingerprint density at radius 2 is 1.79 bits per heavy atom. The van der Waals surface area contributed by atoms with Crippen LogP contribution in [0.25, 0.3) is 11.1 Å². The van der Waals surface area contributed by atoms with Crippen LogP contribution in [0.2, 0.25) is 0 Å². The van der Waals surface area contributed by atoms with Crippen LogP contribution in [-0.4, -0.2) is 23.1 Å². The molecule has 0 fully saturated rings. The fourth-order valence-electron chi connectivity index (χ4n) is 3.25. The summed E-state index contributed by atoms with van der Waals surface area (Å²) in [4.78, 5) is 13.9. The quantitative estimate of drug-likeness (QED) is 0.571. The van der Waals surface area contributed by atoms with Crippen molar-refractivity contribution in [2.45, 2.75) is 45.5 Å². The van der Waals surface area contributed by atoms with E-state index >= 15 is 0 Å². The maximum Gasteiger partial charge on any atom is 0.416 e. The minimum Gasteiger partial charge on any atom is -0.444 e. The largest absolute Gasteiger partial charge is 0.444 e. The van der Waals surface area contributed by atoms with Gasteiger partial charge in [-0.3, -0.25) is 0 Å². The number of amides is 1. The van der Waals surface area contributed by atoms with Gasteiger partial charge in [0.25, 0.3) is 0 Å². The molecule has 2 aromatic rings. The third kappa shape index (κ3) is 4.29. The molecule has 0 saturated carbocycles. The second-order valence-electron chi connectivity index (χ2n) is 7.79. The van der Waals surface area contributed by atoms with Crippen LogP contribution in [0, 0.1) is 5.82 Å². The number of carbonyl (C=O) groups is 1. The summed E-state index contributed by atoms with van der Waals surface area (Å²) in [5, 5.41) is 0. The van der Waals surface area contributed by atoms with Gasteiger partial charge in [-0.15, -0.1) is 0 Å². The predicted octanol–water partition coefficient (Wildman–Crippen LogP) is 5.80. The Balaban J connectivity index is 1.90. The van der Waals surface area contributed by atoms with Crippen LogP contribution in [0.4, 0.5) is 22.4 Å². The summed E-state index contributed by atoms with van der Waals surface area (Å²) in [6, 6.07) is 7.79. The fraction of sp³-hybridized carbons (Fsp3) is 0.381. The molecule has 1 amide bonds. The minimum absolute atomic E-state index is 0.121. The van der Waals surface area contributed by atoms with Crippen LogP contribution < -0.4 is 0 Å². The Morgan fingerprint density at radius 1 is 1.07 bits per heavy atom. The molecule has 0 spiro atoms. The fourth-order valence-corrected chi connectivity index (χ4v) is 3.25. The molecule has 2 aromatic carbocycles. The van der Waals surface area contributed by atoms with Gasteiger partial charge in [0.1, 0.15) is 11.4 Å². The number of hydrogen-bond acceptors (Lipinski definition) is 2. The second-order valence-corrected chi connectivity index (χ2v) is 7.79. The molecule has 3 nitrogen and oxygen atoms in total. The van der Waals surface area contributed by atoms with Gasteiger partial charge in [0.2, 0.25) is 0 Å². The Morgan fingerprint density at radius 3 is 2.39 bits per heavy atom. The predicted molar refractivity (Wildman–Crippen MR) is 97.2 cm³/mol. The highest BCUT2D eigenvalue weighted by molar-refractivity contribution is 5.72. The van der Waals surface area contributed by atoms with E-state index in [1.807, 2.05) is 6.07 Å². The lowest BCUT2D eigenvalue weighted by Gasteiger charge is -2.32. The Bertz CT molecular complexity index is 900. The van der Waals surface area contributed by atoms with E-state index < -0.39 is 29.3 Å². The van der Waals surface area contributed by atoms with E-state index in [2.05, 4.69) is 0 Å². The lowest BCUT2D eigenvalue weighted by atomic mass is 9.90. The summed E-state index contributed by atoms with van der Waals surface area (Å²) in [5.41, 5.74) is 0.704. The van der Waals surface area contributed by atoms with Crippen molar-refractivity contribution < 1.29 is 27.1 Å². The van der Waals surface area contributed by atoms with Crippen molar-refractivity contribution in [3.05, 3.63) is 58.9 Å². The lowest BCUT2D eigenvalue weighted by molar-refractivity contribution is -0.137. The average molecular weight is 395 g/mol. The molecule has 0 saturated heterocycles. The smallest absolute Gasteiger partial charge is 0.416 e. The Kier molecular flexibility index (Phi) is 5.12. The first kappa shape index (κ1) is 20.2. The second kappa shape index (κ2) is 7.11. The standard InChI is InChI=1S/C21H21F4NO2/c1-20(2,3)28-19(27)26-10-9-15-13(12-26)5-4-6-16(15)17-8-7-14(11-18(17)22)21(23,24)25/h4-8,11H,9-10,12H2,1-3H3. The van der Waals surface area contributed by atoms with Crippen molar-refractivity contribution in [1.82, 2.24) is 4.90 Å². The van der Waals surface area contributed by atoms with Gasteiger partial charge in [0, 0.05) is 18.7 Å². The minimum atomic E-state index is -4.59. The first-order chi connectivity index (χ1) is 13.0. The number of nitrogens with zero attached hydrogens (tertiary/aromatic N) is 1. The summed E-state index contributed by atoms with van der Waals surface area (Å²) in [6.07, 6.45) is -4.56. The molecule has 28 heavy (non-hydrogen) atoms. The van der Waals surface area contributed by atoms with E-state index in [0.29, 0.717) is 31.1 Å². The van der Waals surface area contributed by atoms with Crippen molar-refractivity contribution in [3.8, 4) is 11.1 Å². The van der Waals surface area contributed by atoms with Crippen LogP contribution in [0.5, 0.6) is 0 Å². The number of rotatable bonds is 1. The highest BCUT2D eigenvalue weighted by atomic mass is 19.4. The molecule has 0 atom stereocenters. The van der Waals surface area contributed by atoms with Gasteiger partial charge >= 0.3 is 12.3 Å². The first-order valence-corrected chi connectivity index (χ1v) is 8.91. The molecule has 1 heterocycles. The maximum atomic E-state index is 14.4. The van der Waals surface area contributed by atoms with Crippen molar-refractivity contribution >= 4 is 6.09 Å². The molecule has 150 valence electrons. The summed E-state index contributed by atoms with van der Waals surface area (Å²) in [7, 11) is 0. The SMILES string of the molecule is CC(C)(C)OC(=O)N1CCc2c(cccc2-c2ccc(C(F)(F)F)cc2F)C1. The molecule has 1 aliphatic heterocycles.